The fourth-order valence-electron chi connectivity index (χ4n) is 2.10. The minimum atomic E-state index is -1.15. The average Bonchev–Trinajstić information content (AvgIpc) is 2.42. The van der Waals surface area contributed by atoms with Crippen LogP contribution in [0.5, 0.6) is 0 Å². The molecule has 0 aliphatic rings. The number of ether oxygens (including phenoxy) is 2. The van der Waals surface area contributed by atoms with Crippen LogP contribution in [0.2, 0.25) is 0 Å². The highest BCUT2D eigenvalue weighted by Gasteiger charge is 2.31. The third-order valence-corrected chi connectivity index (χ3v) is 2.96. The Balaban J connectivity index is 2.90. The predicted molar refractivity (Wildman–Crippen MR) is 86.4 cm³/mol. The molecule has 0 spiro atoms. The molecule has 1 aromatic carbocycles. The van der Waals surface area contributed by atoms with Crippen molar-refractivity contribution in [3.8, 4) is 0 Å². The van der Waals surface area contributed by atoms with Crippen molar-refractivity contribution >= 4 is 12.1 Å². The second-order valence-corrected chi connectivity index (χ2v) is 6.16. The van der Waals surface area contributed by atoms with Crippen molar-refractivity contribution in [3.63, 3.8) is 0 Å². The summed E-state index contributed by atoms with van der Waals surface area (Å²) in [5.74, 6) is -1.12. The number of carbonyl (C=O) groups excluding carboxylic acids is 1. The van der Waals surface area contributed by atoms with Gasteiger partial charge in [0.05, 0.1) is 6.04 Å². The third-order valence-electron chi connectivity index (χ3n) is 2.96. The van der Waals surface area contributed by atoms with Crippen molar-refractivity contribution in [1.82, 2.24) is 5.32 Å². The highest BCUT2D eigenvalue weighted by molar-refractivity contribution is 5.75. The normalized spacial score (nSPS) is 13.9. The van der Waals surface area contributed by atoms with E-state index in [4.69, 9.17) is 9.47 Å². The summed E-state index contributed by atoms with van der Waals surface area (Å²) in [7, 11) is 0. The molecule has 0 radical (unpaired) electrons. The molecule has 0 saturated carbocycles. The maximum Gasteiger partial charge on any atom is 0.407 e. The molecule has 0 saturated heterocycles. The van der Waals surface area contributed by atoms with E-state index in [1.165, 1.54) is 0 Å². The zero-order chi connectivity index (χ0) is 17.5. The van der Waals surface area contributed by atoms with Crippen LogP contribution in [-0.4, -0.2) is 41.5 Å². The summed E-state index contributed by atoms with van der Waals surface area (Å²) < 4.78 is 10.5. The smallest absolute Gasteiger partial charge is 0.407 e. The van der Waals surface area contributed by atoms with E-state index in [2.05, 4.69) is 5.32 Å². The van der Waals surface area contributed by atoms with Crippen LogP contribution in [0.4, 0.5) is 4.79 Å². The van der Waals surface area contributed by atoms with E-state index in [-0.39, 0.29) is 6.61 Å². The van der Waals surface area contributed by atoms with Crippen molar-refractivity contribution in [2.45, 2.75) is 51.9 Å². The van der Waals surface area contributed by atoms with Gasteiger partial charge in [0.1, 0.15) is 5.60 Å². The van der Waals surface area contributed by atoms with Gasteiger partial charge in [-0.25, -0.2) is 9.59 Å². The highest BCUT2D eigenvalue weighted by Crippen LogP contribution is 2.12. The molecular weight excluding hydrogens is 298 g/mol. The molecule has 2 atom stereocenters. The molecule has 0 aromatic heterocycles. The number of amides is 1. The van der Waals surface area contributed by atoms with E-state index in [9.17, 15) is 14.7 Å². The van der Waals surface area contributed by atoms with Crippen molar-refractivity contribution < 1.29 is 24.2 Å². The summed E-state index contributed by atoms with van der Waals surface area (Å²) in [5.41, 5.74) is 0.241. The molecule has 6 heteroatoms. The molecule has 0 heterocycles. The minimum Gasteiger partial charge on any atom is -0.479 e. The Kier molecular flexibility index (Phi) is 7.03. The monoisotopic (exact) mass is 323 g/mol. The van der Waals surface area contributed by atoms with Gasteiger partial charge in [-0.2, -0.15) is 0 Å². The van der Waals surface area contributed by atoms with Gasteiger partial charge in [0, 0.05) is 6.61 Å². The number of hydrogen-bond acceptors (Lipinski definition) is 4. The van der Waals surface area contributed by atoms with Gasteiger partial charge in [-0.15, -0.1) is 0 Å². The molecule has 0 fully saturated rings. The van der Waals surface area contributed by atoms with Crippen LogP contribution >= 0.6 is 0 Å². The Hall–Kier alpha value is -2.08. The topological polar surface area (TPSA) is 84.9 Å². The van der Waals surface area contributed by atoms with Crippen LogP contribution in [0.25, 0.3) is 0 Å². The second-order valence-electron chi connectivity index (χ2n) is 6.16. The Morgan fingerprint density at radius 2 is 1.83 bits per heavy atom. The lowest BCUT2D eigenvalue weighted by Crippen LogP contribution is -2.50. The Bertz CT molecular complexity index is 509. The van der Waals surface area contributed by atoms with Crippen molar-refractivity contribution in [1.29, 1.82) is 0 Å². The molecule has 0 aliphatic heterocycles. The minimum absolute atomic E-state index is 0.234. The van der Waals surface area contributed by atoms with Gasteiger partial charge in [-0.05, 0) is 39.7 Å². The number of alkyl carbamates (subject to hydrolysis) is 1. The lowest BCUT2D eigenvalue weighted by Gasteiger charge is -2.27. The van der Waals surface area contributed by atoms with Crippen molar-refractivity contribution in [2.75, 3.05) is 6.61 Å². The van der Waals surface area contributed by atoms with Gasteiger partial charge in [0.25, 0.3) is 0 Å². The van der Waals surface area contributed by atoms with Crippen LogP contribution < -0.4 is 5.32 Å². The van der Waals surface area contributed by atoms with Gasteiger partial charge in [-0.3, -0.25) is 0 Å². The van der Waals surface area contributed by atoms with Crippen LogP contribution in [0.15, 0.2) is 30.3 Å². The SMILES string of the molecule is CCO[C@H](C(=O)O)[C@@H](Cc1ccccc1)NC(=O)OC(C)(C)C. The van der Waals surface area contributed by atoms with Gasteiger partial charge >= 0.3 is 12.1 Å². The van der Waals surface area contributed by atoms with Crippen molar-refractivity contribution in [3.05, 3.63) is 35.9 Å². The fraction of sp³-hybridized carbons (Fsp3) is 0.529. The van der Waals surface area contributed by atoms with Gasteiger partial charge in [-0.1, -0.05) is 30.3 Å². The maximum absolute atomic E-state index is 12.0. The van der Waals surface area contributed by atoms with E-state index in [0.29, 0.717) is 6.42 Å². The van der Waals surface area contributed by atoms with Crippen LogP contribution in [0.3, 0.4) is 0 Å². The summed E-state index contributed by atoms with van der Waals surface area (Å²) >= 11 is 0. The van der Waals surface area contributed by atoms with Crippen LogP contribution in [-0.2, 0) is 20.7 Å². The number of rotatable bonds is 7. The summed E-state index contributed by atoms with van der Waals surface area (Å²) in [5, 5.41) is 12.0. The first-order valence-corrected chi connectivity index (χ1v) is 7.60. The molecule has 6 nitrogen and oxygen atoms in total. The summed E-state index contributed by atoms with van der Waals surface area (Å²) in [4.78, 5) is 23.5. The molecule has 128 valence electrons. The largest absolute Gasteiger partial charge is 0.479 e. The average molecular weight is 323 g/mol. The second kappa shape index (κ2) is 8.53. The Morgan fingerprint density at radius 1 is 1.22 bits per heavy atom. The summed E-state index contributed by atoms with van der Waals surface area (Å²) in [6.45, 7) is 7.18. The number of carboxylic acids is 1. The molecular formula is C17H25NO5. The van der Waals surface area contributed by atoms with Crippen molar-refractivity contribution in [2.24, 2.45) is 0 Å². The van der Waals surface area contributed by atoms with Crippen LogP contribution in [0.1, 0.15) is 33.3 Å². The fourth-order valence-corrected chi connectivity index (χ4v) is 2.10. The molecule has 2 N–H and O–H groups in total. The van der Waals surface area contributed by atoms with E-state index in [1.54, 1.807) is 27.7 Å². The zero-order valence-corrected chi connectivity index (χ0v) is 14.0. The third kappa shape index (κ3) is 7.15. The molecule has 0 bridgehead atoms. The van der Waals surface area contributed by atoms with E-state index >= 15 is 0 Å². The number of aliphatic carboxylic acids is 1. The first-order valence-electron chi connectivity index (χ1n) is 7.60. The number of benzene rings is 1. The lowest BCUT2D eigenvalue weighted by atomic mass is 10.0. The quantitative estimate of drug-likeness (QED) is 0.805. The van der Waals surface area contributed by atoms with E-state index < -0.39 is 29.8 Å². The van der Waals surface area contributed by atoms with Crippen LogP contribution in [0, 0.1) is 0 Å². The summed E-state index contributed by atoms with van der Waals surface area (Å²) in [6, 6.07) is 8.59. The first kappa shape index (κ1) is 19.0. The zero-order valence-electron chi connectivity index (χ0n) is 14.0. The number of nitrogens with one attached hydrogen (secondary N) is 1. The standard InChI is InChI=1S/C17H25NO5/c1-5-22-14(15(19)20)13(11-12-9-7-6-8-10-12)18-16(21)23-17(2,3)4/h6-10,13-14H,5,11H2,1-4H3,(H,18,21)(H,19,20)/t13-,14+/m1/s1. The lowest BCUT2D eigenvalue weighted by molar-refractivity contribution is -0.152. The Morgan fingerprint density at radius 3 is 2.30 bits per heavy atom. The number of carboxylic acid groups (broad SMARTS) is 1. The first-order chi connectivity index (χ1) is 10.7. The van der Waals surface area contributed by atoms with Gasteiger partial charge in [0.2, 0.25) is 0 Å². The molecule has 23 heavy (non-hydrogen) atoms. The highest BCUT2D eigenvalue weighted by atomic mass is 16.6. The molecule has 1 rings (SSSR count). The predicted octanol–water partition coefficient (Wildman–Crippen LogP) is 2.61. The van der Waals surface area contributed by atoms with E-state index in [0.717, 1.165) is 5.56 Å². The maximum atomic E-state index is 12.0. The van der Waals surface area contributed by atoms with E-state index in [1.807, 2.05) is 30.3 Å². The molecule has 0 unspecified atom stereocenters. The molecule has 1 amide bonds. The summed E-state index contributed by atoms with van der Waals surface area (Å²) in [6.07, 6.45) is -1.48. The van der Waals surface area contributed by atoms with Gasteiger partial charge in [0.15, 0.2) is 6.10 Å². The molecule has 1 aromatic rings. The number of carbonyl (C=O) groups is 2. The Labute approximate surface area is 136 Å². The van der Waals surface area contributed by atoms with Gasteiger partial charge < -0.3 is 19.9 Å². The number of hydrogen-bond donors (Lipinski definition) is 2. The molecule has 0 aliphatic carbocycles.